The van der Waals surface area contributed by atoms with Crippen LogP contribution >= 0.6 is 0 Å². The Labute approximate surface area is 165 Å². The van der Waals surface area contributed by atoms with E-state index >= 15 is 0 Å². The number of aliphatic hydroxyl groups is 1. The van der Waals surface area contributed by atoms with Crippen molar-refractivity contribution in [1.29, 1.82) is 0 Å². The largest absolute Gasteiger partial charge is 0.396 e. The zero-order chi connectivity index (χ0) is 19.7. The van der Waals surface area contributed by atoms with Gasteiger partial charge < -0.3 is 14.9 Å². The third-order valence-corrected chi connectivity index (χ3v) is 6.57. The number of aliphatic hydroxyl groups excluding tert-OH is 1. The Hall–Kier alpha value is -2.24. The molecule has 2 aliphatic rings. The zero-order valence-electron chi connectivity index (χ0n) is 16.3. The van der Waals surface area contributed by atoms with Crippen LogP contribution in [0.2, 0.25) is 0 Å². The smallest absolute Gasteiger partial charge is 0.253 e. The number of nitrogens with zero attached hydrogens (tertiary/aromatic N) is 2. The van der Waals surface area contributed by atoms with Crippen LogP contribution in [0.4, 0.5) is 4.39 Å². The highest BCUT2D eigenvalue weighted by molar-refractivity contribution is 5.95. The fraction of sp³-hybridized carbons (Fsp3) is 0.435. The standard InChI is InChI=1S/C23H27FN2O2/c1-25-11-4-9-23(16-27)10-12-26(15-21(23)25)22(28)19-7-2-5-17(13-19)18-6-3-8-20(24)14-18/h2-3,5-8,13-14,21,27H,4,9-12,15-16H2,1H3/t21-,23-/m1/s1. The molecule has 4 nitrogen and oxygen atoms in total. The third-order valence-electron chi connectivity index (χ3n) is 6.57. The maximum Gasteiger partial charge on any atom is 0.253 e. The molecule has 2 aliphatic heterocycles. The fourth-order valence-corrected chi connectivity index (χ4v) is 4.88. The highest BCUT2D eigenvalue weighted by atomic mass is 19.1. The first-order valence-electron chi connectivity index (χ1n) is 9.99. The van der Waals surface area contributed by atoms with Crippen molar-refractivity contribution >= 4 is 5.91 Å². The SMILES string of the molecule is CN1CCC[C@]2(CO)CCN(C(=O)c3cccc(-c4cccc(F)c4)c3)C[C@@H]12. The van der Waals surface area contributed by atoms with E-state index in [0.29, 0.717) is 18.7 Å². The zero-order valence-corrected chi connectivity index (χ0v) is 16.3. The lowest BCUT2D eigenvalue weighted by Crippen LogP contribution is -2.62. The number of halogens is 1. The molecule has 28 heavy (non-hydrogen) atoms. The van der Waals surface area contributed by atoms with E-state index in [1.807, 2.05) is 35.2 Å². The molecule has 0 aromatic heterocycles. The Bertz CT molecular complexity index is 871. The second-order valence-corrected chi connectivity index (χ2v) is 8.21. The molecule has 0 radical (unpaired) electrons. The molecular formula is C23H27FN2O2. The van der Waals surface area contributed by atoms with Crippen LogP contribution in [0.3, 0.4) is 0 Å². The molecule has 0 bridgehead atoms. The van der Waals surface area contributed by atoms with Gasteiger partial charge in [0.2, 0.25) is 0 Å². The summed E-state index contributed by atoms with van der Waals surface area (Å²) in [5, 5.41) is 10.1. The molecule has 0 unspecified atom stereocenters. The van der Waals surface area contributed by atoms with Crippen molar-refractivity contribution in [2.45, 2.75) is 25.3 Å². The van der Waals surface area contributed by atoms with Crippen molar-refractivity contribution in [2.24, 2.45) is 5.41 Å². The Morgan fingerprint density at radius 1 is 1.14 bits per heavy atom. The van der Waals surface area contributed by atoms with Gasteiger partial charge in [0.05, 0.1) is 6.61 Å². The van der Waals surface area contributed by atoms with E-state index in [4.69, 9.17) is 0 Å². The Balaban J connectivity index is 1.56. The van der Waals surface area contributed by atoms with Crippen molar-refractivity contribution in [3.63, 3.8) is 0 Å². The monoisotopic (exact) mass is 382 g/mol. The van der Waals surface area contributed by atoms with Crippen LogP contribution in [0.1, 0.15) is 29.6 Å². The summed E-state index contributed by atoms with van der Waals surface area (Å²) in [6, 6.07) is 14.0. The second kappa shape index (κ2) is 7.64. The van der Waals surface area contributed by atoms with Crippen molar-refractivity contribution in [1.82, 2.24) is 9.80 Å². The van der Waals surface area contributed by atoms with Gasteiger partial charge in [-0.2, -0.15) is 0 Å². The minimum Gasteiger partial charge on any atom is -0.396 e. The molecule has 2 aromatic carbocycles. The molecule has 1 N–H and O–H groups in total. The molecule has 2 atom stereocenters. The molecule has 4 rings (SSSR count). The number of benzene rings is 2. The lowest BCUT2D eigenvalue weighted by molar-refractivity contribution is -0.0601. The van der Waals surface area contributed by atoms with Crippen LogP contribution in [0, 0.1) is 11.2 Å². The number of likely N-dealkylation sites (N-methyl/N-ethyl adjacent to an activating group) is 1. The predicted octanol–water partition coefficient (Wildman–Crippen LogP) is 3.41. The van der Waals surface area contributed by atoms with E-state index in [9.17, 15) is 14.3 Å². The summed E-state index contributed by atoms with van der Waals surface area (Å²) >= 11 is 0. The average Bonchev–Trinajstić information content (AvgIpc) is 2.73. The predicted molar refractivity (Wildman–Crippen MR) is 108 cm³/mol. The van der Waals surface area contributed by atoms with Gasteiger partial charge in [-0.1, -0.05) is 24.3 Å². The van der Waals surface area contributed by atoms with Gasteiger partial charge in [0.25, 0.3) is 5.91 Å². The van der Waals surface area contributed by atoms with Gasteiger partial charge in [0.1, 0.15) is 5.82 Å². The van der Waals surface area contributed by atoms with Crippen LogP contribution in [-0.4, -0.2) is 60.1 Å². The van der Waals surface area contributed by atoms with Gasteiger partial charge in [0, 0.05) is 30.1 Å². The molecule has 5 heteroatoms. The summed E-state index contributed by atoms with van der Waals surface area (Å²) in [5.74, 6) is -0.283. The number of likely N-dealkylation sites (tertiary alicyclic amines) is 2. The topological polar surface area (TPSA) is 43.8 Å². The van der Waals surface area contributed by atoms with Crippen LogP contribution in [-0.2, 0) is 0 Å². The lowest BCUT2D eigenvalue weighted by Gasteiger charge is -2.53. The quantitative estimate of drug-likeness (QED) is 0.885. The van der Waals surface area contributed by atoms with Gasteiger partial charge in [-0.05, 0) is 68.2 Å². The van der Waals surface area contributed by atoms with Gasteiger partial charge >= 0.3 is 0 Å². The van der Waals surface area contributed by atoms with Crippen molar-refractivity contribution < 1.29 is 14.3 Å². The Morgan fingerprint density at radius 2 is 1.89 bits per heavy atom. The van der Waals surface area contributed by atoms with Crippen molar-refractivity contribution in [2.75, 3.05) is 33.3 Å². The van der Waals surface area contributed by atoms with Crippen LogP contribution in [0.15, 0.2) is 48.5 Å². The summed E-state index contributed by atoms with van der Waals surface area (Å²) in [4.78, 5) is 17.4. The van der Waals surface area contributed by atoms with E-state index < -0.39 is 0 Å². The summed E-state index contributed by atoms with van der Waals surface area (Å²) < 4.78 is 13.6. The van der Waals surface area contributed by atoms with E-state index in [1.165, 1.54) is 12.1 Å². The van der Waals surface area contributed by atoms with Crippen LogP contribution in [0.5, 0.6) is 0 Å². The second-order valence-electron chi connectivity index (χ2n) is 8.21. The normalized spacial score (nSPS) is 25.4. The van der Waals surface area contributed by atoms with Crippen LogP contribution < -0.4 is 0 Å². The summed E-state index contributed by atoms with van der Waals surface area (Å²) in [7, 11) is 2.09. The Kier molecular flexibility index (Phi) is 5.21. The minimum absolute atomic E-state index is 0.00349. The summed E-state index contributed by atoms with van der Waals surface area (Å²) in [5.41, 5.74) is 2.13. The first kappa shape index (κ1) is 19.1. The van der Waals surface area contributed by atoms with Gasteiger partial charge in [-0.15, -0.1) is 0 Å². The first-order chi connectivity index (χ1) is 13.5. The Morgan fingerprint density at radius 3 is 2.64 bits per heavy atom. The third kappa shape index (κ3) is 3.45. The van der Waals surface area contributed by atoms with E-state index in [1.54, 1.807) is 6.07 Å². The molecule has 2 heterocycles. The number of piperidine rings is 2. The van der Waals surface area contributed by atoms with Gasteiger partial charge in [-0.3, -0.25) is 4.79 Å². The lowest BCUT2D eigenvalue weighted by atomic mass is 9.69. The van der Waals surface area contributed by atoms with Gasteiger partial charge in [-0.25, -0.2) is 4.39 Å². The molecule has 0 spiro atoms. The number of fused-ring (bicyclic) bond motifs is 1. The maximum absolute atomic E-state index is 13.6. The molecule has 2 fully saturated rings. The highest BCUT2D eigenvalue weighted by Gasteiger charge is 2.47. The summed E-state index contributed by atoms with van der Waals surface area (Å²) in [6.45, 7) is 2.48. The molecule has 1 amide bonds. The highest BCUT2D eigenvalue weighted by Crippen LogP contribution is 2.41. The first-order valence-corrected chi connectivity index (χ1v) is 9.99. The molecule has 2 saturated heterocycles. The number of rotatable bonds is 3. The summed E-state index contributed by atoms with van der Waals surface area (Å²) in [6.07, 6.45) is 2.95. The molecule has 0 aliphatic carbocycles. The maximum atomic E-state index is 13.6. The number of amides is 1. The van der Waals surface area contributed by atoms with E-state index in [2.05, 4.69) is 11.9 Å². The fourth-order valence-electron chi connectivity index (χ4n) is 4.88. The van der Waals surface area contributed by atoms with Crippen molar-refractivity contribution in [3.05, 3.63) is 59.9 Å². The van der Waals surface area contributed by atoms with E-state index in [0.717, 1.165) is 36.9 Å². The minimum atomic E-state index is -0.286. The van der Waals surface area contributed by atoms with Crippen LogP contribution in [0.25, 0.3) is 11.1 Å². The van der Waals surface area contributed by atoms with Gasteiger partial charge in [0.15, 0.2) is 0 Å². The average molecular weight is 382 g/mol. The molecule has 0 saturated carbocycles. The van der Waals surface area contributed by atoms with Crippen molar-refractivity contribution in [3.8, 4) is 11.1 Å². The molecule has 2 aromatic rings. The number of hydrogen-bond donors (Lipinski definition) is 1. The van der Waals surface area contributed by atoms with E-state index in [-0.39, 0.29) is 29.8 Å². The number of carbonyl (C=O) groups excluding carboxylic acids is 1. The molecular weight excluding hydrogens is 355 g/mol. The number of carbonyl (C=O) groups is 1. The molecule has 148 valence electrons. The number of hydrogen-bond acceptors (Lipinski definition) is 3.